The summed E-state index contributed by atoms with van der Waals surface area (Å²) in [5.41, 5.74) is 2.69. The number of halogens is 2. The van der Waals surface area contributed by atoms with Crippen LogP contribution in [-0.2, 0) is 24.2 Å². The number of nitrogens with one attached hydrogen (secondary N) is 1. The molecule has 3 heterocycles. The lowest BCUT2D eigenvalue weighted by Crippen LogP contribution is -2.29. The van der Waals surface area contributed by atoms with Crippen molar-refractivity contribution in [2.45, 2.75) is 26.4 Å². The number of nitrogens with zero attached hydrogens (tertiary/aromatic N) is 1. The maximum atomic E-state index is 12.7. The molecule has 9 heteroatoms. The van der Waals surface area contributed by atoms with Crippen LogP contribution in [0.5, 0.6) is 0 Å². The molecule has 0 bridgehead atoms. The summed E-state index contributed by atoms with van der Waals surface area (Å²) >= 11 is 4.63. The Bertz CT molecular complexity index is 1070. The largest absolute Gasteiger partial charge is 0.462 e. The molecule has 0 unspecified atom stereocenters. The fourth-order valence-electron chi connectivity index (χ4n) is 3.54. The first-order valence-corrected chi connectivity index (χ1v) is 11.3. The minimum atomic E-state index is -0.401. The molecule has 2 aromatic heterocycles. The number of rotatable bonds is 6. The molecule has 0 spiro atoms. The number of fused-ring (bicyclic) bond motifs is 1. The van der Waals surface area contributed by atoms with Gasteiger partial charge >= 0.3 is 5.97 Å². The van der Waals surface area contributed by atoms with Gasteiger partial charge in [0.25, 0.3) is 5.91 Å². The van der Waals surface area contributed by atoms with Crippen LogP contribution in [0.25, 0.3) is 0 Å². The highest BCUT2D eigenvalue weighted by Gasteiger charge is 2.30. The van der Waals surface area contributed by atoms with Crippen LogP contribution in [0, 0.1) is 0 Å². The summed E-state index contributed by atoms with van der Waals surface area (Å²) < 4.78 is 11.1. The van der Waals surface area contributed by atoms with Crippen LogP contribution in [-0.4, -0.2) is 29.9 Å². The van der Waals surface area contributed by atoms with E-state index in [1.807, 2.05) is 18.2 Å². The van der Waals surface area contributed by atoms with E-state index < -0.39 is 11.9 Å². The van der Waals surface area contributed by atoms with Crippen LogP contribution < -0.4 is 5.32 Å². The van der Waals surface area contributed by atoms with Crippen molar-refractivity contribution in [2.75, 3.05) is 18.5 Å². The lowest BCUT2D eigenvalue weighted by atomic mass is 10.0. The molecule has 0 atom stereocenters. The Labute approximate surface area is 199 Å². The van der Waals surface area contributed by atoms with Crippen molar-refractivity contribution >= 4 is 56.6 Å². The summed E-state index contributed by atoms with van der Waals surface area (Å²) in [4.78, 5) is 28.7. The van der Waals surface area contributed by atoms with E-state index in [0.29, 0.717) is 15.2 Å². The van der Waals surface area contributed by atoms with Crippen molar-refractivity contribution in [1.82, 2.24) is 4.90 Å². The molecule has 1 aromatic carbocycles. The number of furan rings is 1. The van der Waals surface area contributed by atoms with Crippen LogP contribution in [0.4, 0.5) is 5.00 Å². The van der Waals surface area contributed by atoms with Gasteiger partial charge in [-0.3, -0.25) is 9.69 Å². The number of anilines is 1. The number of esters is 1. The van der Waals surface area contributed by atoms with E-state index >= 15 is 0 Å². The smallest absolute Gasteiger partial charge is 0.341 e. The molecule has 6 nitrogen and oxygen atoms in total. The number of carbonyl (C=O) groups is 2. The van der Waals surface area contributed by atoms with Crippen molar-refractivity contribution < 1.29 is 18.7 Å². The van der Waals surface area contributed by atoms with Crippen LogP contribution in [0.15, 0.2) is 51.6 Å². The normalized spacial score (nSPS) is 13.2. The van der Waals surface area contributed by atoms with E-state index in [0.717, 1.165) is 36.5 Å². The van der Waals surface area contributed by atoms with Gasteiger partial charge in [0.2, 0.25) is 0 Å². The van der Waals surface area contributed by atoms with Gasteiger partial charge in [0.05, 0.1) is 12.2 Å². The molecular formula is C22H22BrClN2O4S. The molecule has 0 radical (unpaired) electrons. The molecule has 1 amide bonds. The number of benzene rings is 1. The minimum Gasteiger partial charge on any atom is -0.462 e. The Morgan fingerprint density at radius 3 is 2.68 bits per heavy atom. The number of amides is 1. The summed E-state index contributed by atoms with van der Waals surface area (Å²) in [6.45, 7) is 4.46. The third-order valence-corrected chi connectivity index (χ3v) is 6.45. The second-order valence-electron chi connectivity index (χ2n) is 6.93. The van der Waals surface area contributed by atoms with Gasteiger partial charge in [0, 0.05) is 24.5 Å². The lowest BCUT2D eigenvalue weighted by molar-refractivity contribution is 0.0526. The van der Waals surface area contributed by atoms with Crippen LogP contribution >= 0.6 is 39.7 Å². The van der Waals surface area contributed by atoms with Crippen molar-refractivity contribution in [3.63, 3.8) is 0 Å². The van der Waals surface area contributed by atoms with Gasteiger partial charge in [-0.25, -0.2) is 4.79 Å². The predicted molar refractivity (Wildman–Crippen MR) is 126 cm³/mol. The van der Waals surface area contributed by atoms with Crippen LogP contribution in [0.3, 0.4) is 0 Å². The van der Waals surface area contributed by atoms with Gasteiger partial charge in [-0.2, -0.15) is 0 Å². The monoisotopic (exact) mass is 524 g/mol. The Kier molecular flexibility index (Phi) is 7.94. The third-order valence-electron chi connectivity index (χ3n) is 4.89. The van der Waals surface area contributed by atoms with Crippen molar-refractivity contribution in [3.05, 3.63) is 74.5 Å². The van der Waals surface area contributed by atoms with Crippen molar-refractivity contribution in [1.29, 1.82) is 0 Å². The van der Waals surface area contributed by atoms with E-state index in [9.17, 15) is 9.59 Å². The first kappa shape index (κ1) is 23.5. The standard InChI is InChI=1S/C22H21BrN2O4S.ClH/c1-2-28-22(27)19-15-10-11-25(12-14-6-4-3-5-7-14)13-17(15)30-21(19)24-20(26)16-8-9-18(23)29-16;/h3-9H,2,10-13H2,1H3,(H,24,26);1H. The average molecular weight is 526 g/mol. The van der Waals surface area contributed by atoms with E-state index in [1.54, 1.807) is 19.1 Å². The molecule has 0 aliphatic carbocycles. The fourth-order valence-corrected chi connectivity index (χ4v) is 5.12. The highest BCUT2D eigenvalue weighted by atomic mass is 79.9. The topological polar surface area (TPSA) is 71.8 Å². The molecule has 3 aromatic rings. The summed E-state index contributed by atoms with van der Waals surface area (Å²) in [6, 6.07) is 13.5. The number of thiophene rings is 1. The summed E-state index contributed by atoms with van der Waals surface area (Å²) in [5.74, 6) is -0.623. The quantitative estimate of drug-likeness (QED) is 0.430. The van der Waals surface area contributed by atoms with Gasteiger partial charge < -0.3 is 14.5 Å². The Balaban J connectivity index is 0.00000272. The first-order valence-electron chi connectivity index (χ1n) is 9.69. The fraction of sp³-hybridized carbons (Fsp3) is 0.273. The molecular weight excluding hydrogens is 504 g/mol. The molecule has 164 valence electrons. The molecule has 1 aliphatic rings. The van der Waals surface area contributed by atoms with Crippen molar-refractivity contribution in [2.24, 2.45) is 0 Å². The van der Waals surface area contributed by atoms with E-state index in [2.05, 4.69) is 38.3 Å². The van der Waals surface area contributed by atoms with Gasteiger partial charge in [-0.05, 0) is 52.5 Å². The lowest BCUT2D eigenvalue weighted by Gasteiger charge is -2.27. The number of hydrogen-bond acceptors (Lipinski definition) is 6. The van der Waals surface area contributed by atoms with E-state index in [-0.39, 0.29) is 24.8 Å². The second kappa shape index (κ2) is 10.5. The SMILES string of the molecule is CCOC(=O)c1c(NC(=O)c2ccc(Br)o2)sc2c1CCN(Cc1ccccc1)C2.Cl. The second-order valence-corrected chi connectivity index (χ2v) is 8.82. The Morgan fingerprint density at radius 1 is 1.23 bits per heavy atom. The summed E-state index contributed by atoms with van der Waals surface area (Å²) in [7, 11) is 0. The molecule has 1 N–H and O–H groups in total. The van der Waals surface area contributed by atoms with Gasteiger partial charge in [0.15, 0.2) is 10.4 Å². The number of carbonyl (C=O) groups excluding carboxylic acids is 2. The summed E-state index contributed by atoms with van der Waals surface area (Å²) in [5, 5.41) is 3.36. The molecule has 31 heavy (non-hydrogen) atoms. The van der Waals surface area contributed by atoms with Crippen LogP contribution in [0.2, 0.25) is 0 Å². The summed E-state index contributed by atoms with van der Waals surface area (Å²) in [6.07, 6.45) is 0.731. The highest BCUT2D eigenvalue weighted by molar-refractivity contribution is 9.10. The molecule has 0 fully saturated rings. The number of hydrogen-bond donors (Lipinski definition) is 1. The zero-order valence-corrected chi connectivity index (χ0v) is 20.1. The maximum Gasteiger partial charge on any atom is 0.341 e. The third kappa shape index (κ3) is 5.38. The Hall–Kier alpha value is -2.13. The zero-order chi connectivity index (χ0) is 21.1. The minimum absolute atomic E-state index is 0. The van der Waals surface area contributed by atoms with E-state index in [1.165, 1.54) is 16.9 Å². The predicted octanol–water partition coefficient (Wildman–Crippen LogP) is 5.51. The zero-order valence-electron chi connectivity index (χ0n) is 16.9. The Morgan fingerprint density at radius 2 is 2.00 bits per heavy atom. The highest BCUT2D eigenvalue weighted by Crippen LogP contribution is 2.38. The molecule has 0 saturated carbocycles. The van der Waals surface area contributed by atoms with Crippen molar-refractivity contribution in [3.8, 4) is 0 Å². The van der Waals surface area contributed by atoms with E-state index in [4.69, 9.17) is 9.15 Å². The van der Waals surface area contributed by atoms with Gasteiger partial charge in [-0.15, -0.1) is 23.7 Å². The average Bonchev–Trinajstić information content (AvgIpc) is 3.32. The molecule has 4 rings (SSSR count). The first-order chi connectivity index (χ1) is 14.5. The van der Waals surface area contributed by atoms with Gasteiger partial charge in [-0.1, -0.05) is 30.3 Å². The van der Waals surface area contributed by atoms with Crippen LogP contribution in [0.1, 0.15) is 43.8 Å². The maximum absolute atomic E-state index is 12.7. The number of ether oxygens (including phenoxy) is 1. The van der Waals surface area contributed by atoms with Gasteiger partial charge in [0.1, 0.15) is 5.00 Å². The molecule has 0 saturated heterocycles. The molecule has 1 aliphatic heterocycles.